The minimum atomic E-state index is -1.14. The third kappa shape index (κ3) is 4.04. The number of aromatic carboxylic acids is 1. The van der Waals surface area contributed by atoms with Crippen LogP contribution in [-0.2, 0) is 16.8 Å². The fourth-order valence-corrected chi connectivity index (χ4v) is 1.82. The van der Waals surface area contributed by atoms with Crippen LogP contribution in [0.3, 0.4) is 0 Å². The van der Waals surface area contributed by atoms with Gasteiger partial charge >= 0.3 is 5.97 Å². The first-order chi connectivity index (χ1) is 9.12. The van der Waals surface area contributed by atoms with Gasteiger partial charge in [0.05, 0.1) is 5.69 Å². The lowest BCUT2D eigenvalue weighted by molar-refractivity contribution is -0.122. The molecule has 1 aromatic heterocycles. The van der Waals surface area contributed by atoms with Gasteiger partial charge in [-0.15, -0.1) is 5.10 Å². The number of hydrogen-bond acceptors (Lipinski definition) is 4. The number of carboxylic acid groups (broad SMARTS) is 1. The molecular weight excluding hydrogens is 260 g/mol. The first kappa shape index (κ1) is 16.1. The molecule has 0 unspecified atom stereocenters. The van der Waals surface area contributed by atoms with Crippen molar-refractivity contribution in [2.75, 3.05) is 6.54 Å². The molecule has 0 aliphatic carbocycles. The number of aromatic nitrogens is 3. The van der Waals surface area contributed by atoms with E-state index in [9.17, 15) is 9.59 Å². The van der Waals surface area contributed by atoms with Gasteiger partial charge in [-0.2, -0.15) is 0 Å². The number of carboxylic acids is 1. The van der Waals surface area contributed by atoms with Crippen LogP contribution in [0.2, 0.25) is 0 Å². The first-order valence-electron chi connectivity index (χ1n) is 6.57. The SMILES string of the molecule is CC(C)CNC(=O)Cn1nnc(C(=O)O)c1C(C)(C)C. The van der Waals surface area contributed by atoms with Crippen molar-refractivity contribution in [1.29, 1.82) is 0 Å². The Morgan fingerprint density at radius 3 is 2.40 bits per heavy atom. The second kappa shape index (κ2) is 6.02. The Labute approximate surface area is 118 Å². The van der Waals surface area contributed by atoms with Gasteiger partial charge in [-0.1, -0.05) is 39.8 Å². The molecule has 0 aromatic carbocycles. The summed E-state index contributed by atoms with van der Waals surface area (Å²) < 4.78 is 1.36. The maximum atomic E-state index is 11.8. The Bertz CT molecular complexity index is 500. The molecule has 1 heterocycles. The first-order valence-corrected chi connectivity index (χ1v) is 6.57. The minimum Gasteiger partial charge on any atom is -0.476 e. The third-order valence-corrected chi connectivity index (χ3v) is 2.65. The monoisotopic (exact) mass is 282 g/mol. The van der Waals surface area contributed by atoms with Gasteiger partial charge in [0.2, 0.25) is 5.91 Å². The molecule has 1 aromatic rings. The van der Waals surface area contributed by atoms with Crippen molar-refractivity contribution in [1.82, 2.24) is 20.3 Å². The fourth-order valence-electron chi connectivity index (χ4n) is 1.82. The molecule has 112 valence electrons. The summed E-state index contributed by atoms with van der Waals surface area (Å²) in [5, 5.41) is 19.4. The van der Waals surface area contributed by atoms with Crippen LogP contribution >= 0.6 is 0 Å². The summed E-state index contributed by atoms with van der Waals surface area (Å²) in [5.74, 6) is -0.985. The van der Waals surface area contributed by atoms with Crippen molar-refractivity contribution in [3.63, 3.8) is 0 Å². The van der Waals surface area contributed by atoms with Crippen LogP contribution in [0, 0.1) is 5.92 Å². The van der Waals surface area contributed by atoms with E-state index in [4.69, 9.17) is 5.11 Å². The molecule has 0 bridgehead atoms. The summed E-state index contributed by atoms with van der Waals surface area (Å²) in [6.07, 6.45) is 0. The Balaban J connectivity index is 2.96. The van der Waals surface area contributed by atoms with Crippen LogP contribution in [0.5, 0.6) is 0 Å². The van der Waals surface area contributed by atoms with Crippen LogP contribution in [0.15, 0.2) is 0 Å². The van der Waals surface area contributed by atoms with E-state index in [1.54, 1.807) is 0 Å². The van der Waals surface area contributed by atoms with Crippen molar-refractivity contribution >= 4 is 11.9 Å². The molecule has 0 saturated carbocycles. The Hall–Kier alpha value is -1.92. The average Bonchev–Trinajstić information content (AvgIpc) is 2.69. The standard InChI is InChI=1S/C13H22N4O3/c1-8(2)6-14-9(18)7-17-11(13(3,4)5)10(12(19)20)15-16-17/h8H,6-7H2,1-5H3,(H,14,18)(H,19,20). The lowest BCUT2D eigenvalue weighted by atomic mass is 9.90. The molecule has 20 heavy (non-hydrogen) atoms. The highest BCUT2D eigenvalue weighted by molar-refractivity contribution is 5.87. The molecule has 0 saturated heterocycles. The number of nitrogens with one attached hydrogen (secondary N) is 1. The van der Waals surface area contributed by atoms with E-state index in [1.807, 2.05) is 34.6 Å². The number of carbonyl (C=O) groups is 2. The number of rotatable bonds is 5. The molecular formula is C13H22N4O3. The lowest BCUT2D eigenvalue weighted by Gasteiger charge is -2.20. The largest absolute Gasteiger partial charge is 0.476 e. The average molecular weight is 282 g/mol. The van der Waals surface area contributed by atoms with E-state index >= 15 is 0 Å². The molecule has 0 spiro atoms. The Morgan fingerprint density at radius 2 is 1.95 bits per heavy atom. The van der Waals surface area contributed by atoms with Crippen molar-refractivity contribution in [3.8, 4) is 0 Å². The molecule has 0 aliphatic rings. The van der Waals surface area contributed by atoms with E-state index in [2.05, 4.69) is 15.6 Å². The van der Waals surface area contributed by atoms with Gasteiger partial charge in [-0.05, 0) is 5.92 Å². The molecule has 7 nitrogen and oxygen atoms in total. The molecule has 1 amide bonds. The van der Waals surface area contributed by atoms with Gasteiger partial charge in [0.1, 0.15) is 6.54 Å². The van der Waals surface area contributed by atoms with Crippen molar-refractivity contribution in [2.45, 2.75) is 46.6 Å². The molecule has 0 atom stereocenters. The number of amides is 1. The summed E-state index contributed by atoms with van der Waals surface area (Å²) in [6, 6.07) is 0. The predicted octanol–water partition coefficient (Wildman–Crippen LogP) is 1.05. The quantitative estimate of drug-likeness (QED) is 0.841. The molecule has 0 aliphatic heterocycles. The highest BCUT2D eigenvalue weighted by Gasteiger charge is 2.29. The van der Waals surface area contributed by atoms with E-state index in [0.29, 0.717) is 18.2 Å². The van der Waals surface area contributed by atoms with E-state index < -0.39 is 11.4 Å². The number of nitrogens with zero attached hydrogens (tertiary/aromatic N) is 3. The zero-order chi connectivity index (χ0) is 15.5. The van der Waals surface area contributed by atoms with Crippen LogP contribution in [0.4, 0.5) is 0 Å². The van der Waals surface area contributed by atoms with Crippen LogP contribution in [0.1, 0.15) is 50.8 Å². The van der Waals surface area contributed by atoms with Gasteiger partial charge in [-0.25, -0.2) is 9.48 Å². The molecule has 0 radical (unpaired) electrons. The highest BCUT2D eigenvalue weighted by Crippen LogP contribution is 2.24. The molecule has 1 rings (SSSR count). The van der Waals surface area contributed by atoms with Crippen molar-refractivity contribution < 1.29 is 14.7 Å². The van der Waals surface area contributed by atoms with Gasteiger partial charge < -0.3 is 10.4 Å². The second-order valence-electron chi connectivity index (χ2n) is 6.20. The van der Waals surface area contributed by atoms with Crippen LogP contribution in [0.25, 0.3) is 0 Å². The van der Waals surface area contributed by atoms with Gasteiger partial charge in [-0.3, -0.25) is 4.79 Å². The van der Waals surface area contributed by atoms with Crippen molar-refractivity contribution in [2.24, 2.45) is 5.92 Å². The summed E-state index contributed by atoms with van der Waals surface area (Å²) in [6.45, 7) is 10.1. The smallest absolute Gasteiger partial charge is 0.358 e. The summed E-state index contributed by atoms with van der Waals surface area (Å²) >= 11 is 0. The molecule has 2 N–H and O–H groups in total. The van der Waals surface area contributed by atoms with Gasteiger partial charge in [0.25, 0.3) is 0 Å². The fraction of sp³-hybridized carbons (Fsp3) is 0.692. The normalized spacial score (nSPS) is 11.7. The third-order valence-electron chi connectivity index (χ3n) is 2.65. The highest BCUT2D eigenvalue weighted by atomic mass is 16.4. The van der Waals surface area contributed by atoms with E-state index in [0.717, 1.165) is 0 Å². The topological polar surface area (TPSA) is 97.1 Å². The summed E-state index contributed by atoms with van der Waals surface area (Å²) in [5.41, 5.74) is -0.117. The molecule has 7 heteroatoms. The predicted molar refractivity (Wildman–Crippen MR) is 73.5 cm³/mol. The van der Waals surface area contributed by atoms with Gasteiger partial charge in [0.15, 0.2) is 5.69 Å². The zero-order valence-corrected chi connectivity index (χ0v) is 12.6. The van der Waals surface area contributed by atoms with Crippen molar-refractivity contribution in [3.05, 3.63) is 11.4 Å². The second-order valence-corrected chi connectivity index (χ2v) is 6.20. The maximum Gasteiger partial charge on any atom is 0.358 e. The minimum absolute atomic E-state index is 0.0282. The summed E-state index contributed by atoms with van der Waals surface area (Å²) in [7, 11) is 0. The van der Waals surface area contributed by atoms with Crippen LogP contribution < -0.4 is 5.32 Å². The Kier molecular flexibility index (Phi) is 4.86. The lowest BCUT2D eigenvalue weighted by Crippen LogP contribution is -2.33. The Morgan fingerprint density at radius 1 is 1.35 bits per heavy atom. The number of hydrogen-bond donors (Lipinski definition) is 2. The zero-order valence-electron chi connectivity index (χ0n) is 12.6. The number of carbonyl (C=O) groups excluding carboxylic acids is 1. The van der Waals surface area contributed by atoms with Crippen LogP contribution in [-0.4, -0.2) is 38.5 Å². The van der Waals surface area contributed by atoms with Gasteiger partial charge in [0, 0.05) is 12.0 Å². The summed E-state index contributed by atoms with van der Waals surface area (Å²) in [4.78, 5) is 23.0. The van der Waals surface area contributed by atoms with E-state index in [-0.39, 0.29) is 18.1 Å². The maximum absolute atomic E-state index is 11.8. The molecule has 0 fully saturated rings. The van der Waals surface area contributed by atoms with E-state index in [1.165, 1.54) is 4.68 Å².